The molecule has 0 aliphatic rings. The summed E-state index contributed by atoms with van der Waals surface area (Å²) in [6.07, 6.45) is -3.16. The van der Waals surface area contributed by atoms with Crippen molar-refractivity contribution in [3.8, 4) is 0 Å². The van der Waals surface area contributed by atoms with Crippen LogP contribution in [0.15, 0.2) is 40.8 Å². The summed E-state index contributed by atoms with van der Waals surface area (Å²) >= 11 is 1.45. The molecule has 2 aromatic heterocycles. The molecule has 0 aromatic carbocycles. The number of hydrogen-bond donors (Lipinski definition) is 4. The van der Waals surface area contributed by atoms with Crippen LogP contribution < -0.4 is 16.0 Å². The van der Waals surface area contributed by atoms with Crippen LogP contribution in [0.4, 0.5) is 19.0 Å². The second-order valence-electron chi connectivity index (χ2n) is 6.20. The summed E-state index contributed by atoms with van der Waals surface area (Å²) in [6, 6.07) is 5.94. The molecule has 1 atom stereocenters. The largest absolute Gasteiger partial charge is 0.419 e. The third kappa shape index (κ3) is 7.97. The highest BCUT2D eigenvalue weighted by atomic mass is 127. The maximum absolute atomic E-state index is 13.0. The van der Waals surface area contributed by atoms with Crippen molar-refractivity contribution in [1.29, 1.82) is 0 Å². The molecule has 2 heterocycles. The number of nitrogens with zero attached hydrogens (tertiary/aromatic N) is 2. The number of nitrogens with one attached hydrogen (secondary N) is 3. The Morgan fingerprint density at radius 3 is 2.59 bits per heavy atom. The van der Waals surface area contributed by atoms with Crippen LogP contribution >= 0.6 is 35.3 Å². The fourth-order valence-corrected chi connectivity index (χ4v) is 3.15. The highest BCUT2D eigenvalue weighted by Gasteiger charge is 2.33. The minimum atomic E-state index is -4.46. The fraction of sp³-hybridized carbons (Fsp3) is 0.444. The van der Waals surface area contributed by atoms with Crippen molar-refractivity contribution in [2.75, 3.05) is 31.5 Å². The summed E-state index contributed by atoms with van der Waals surface area (Å²) in [6.45, 7) is 4.88. The van der Waals surface area contributed by atoms with Crippen molar-refractivity contribution in [3.05, 3.63) is 46.3 Å². The van der Waals surface area contributed by atoms with Crippen LogP contribution in [-0.2, 0) is 11.8 Å². The number of thiophene rings is 1. The van der Waals surface area contributed by atoms with Gasteiger partial charge in [-0.1, -0.05) is 6.07 Å². The van der Waals surface area contributed by atoms with Gasteiger partial charge in [0.05, 0.1) is 12.1 Å². The normalized spacial score (nSPS) is 13.9. The first-order chi connectivity index (χ1) is 13.2. The Bertz CT molecular complexity index is 769. The average molecular weight is 543 g/mol. The van der Waals surface area contributed by atoms with Crippen molar-refractivity contribution in [3.63, 3.8) is 0 Å². The Hall–Kier alpha value is -1.60. The van der Waals surface area contributed by atoms with E-state index in [9.17, 15) is 18.3 Å². The second-order valence-corrected chi connectivity index (χ2v) is 7.14. The van der Waals surface area contributed by atoms with E-state index < -0.39 is 17.3 Å². The van der Waals surface area contributed by atoms with Gasteiger partial charge in [-0.2, -0.15) is 13.2 Å². The first kappa shape index (κ1) is 25.4. The molecule has 0 spiro atoms. The van der Waals surface area contributed by atoms with Crippen molar-refractivity contribution < 1.29 is 18.3 Å². The lowest BCUT2D eigenvalue weighted by atomic mass is 10.1. The van der Waals surface area contributed by atoms with Gasteiger partial charge in [0, 0.05) is 30.7 Å². The topological polar surface area (TPSA) is 81.6 Å². The molecule has 0 radical (unpaired) electrons. The molecule has 2 aromatic rings. The highest BCUT2D eigenvalue weighted by Crippen LogP contribution is 2.33. The van der Waals surface area contributed by atoms with E-state index in [1.165, 1.54) is 23.6 Å². The number of rotatable bonds is 8. The minimum Gasteiger partial charge on any atom is -0.383 e. The Labute approximate surface area is 189 Å². The summed E-state index contributed by atoms with van der Waals surface area (Å²) < 4.78 is 38.9. The monoisotopic (exact) mass is 543 g/mol. The van der Waals surface area contributed by atoms with Crippen LogP contribution in [0.25, 0.3) is 0 Å². The van der Waals surface area contributed by atoms with Gasteiger partial charge < -0.3 is 21.1 Å². The molecule has 6 nitrogen and oxygen atoms in total. The summed E-state index contributed by atoms with van der Waals surface area (Å²) in [5.41, 5.74) is -1.90. The fourth-order valence-electron chi connectivity index (χ4n) is 2.37. The van der Waals surface area contributed by atoms with Crippen LogP contribution in [0.1, 0.15) is 24.3 Å². The third-order valence-electron chi connectivity index (χ3n) is 3.76. The van der Waals surface area contributed by atoms with Gasteiger partial charge >= 0.3 is 6.18 Å². The Balaban J connectivity index is 0.00000420. The number of anilines is 1. The number of pyridine rings is 1. The standard InChI is InChI=1S/C18H24F3N5OS.HI/c1-3-22-16(26-12-17(2,27)14-7-5-11-28-14)25-10-9-24-15-13(18(19,20)21)6-4-8-23-15;/h4-8,11,27H,3,9-10,12H2,1-2H3,(H,23,24)(H2,22,25,26);1H. The molecule has 4 N–H and O–H groups in total. The Morgan fingerprint density at radius 1 is 1.21 bits per heavy atom. The second kappa shape index (κ2) is 11.6. The predicted octanol–water partition coefficient (Wildman–Crippen LogP) is 3.65. The summed E-state index contributed by atoms with van der Waals surface area (Å²) in [5.74, 6) is 0.262. The zero-order valence-corrected chi connectivity index (χ0v) is 19.2. The molecule has 0 amide bonds. The zero-order valence-electron chi connectivity index (χ0n) is 16.1. The smallest absolute Gasteiger partial charge is 0.383 e. The maximum atomic E-state index is 13.0. The molecule has 11 heteroatoms. The number of alkyl halides is 3. The lowest BCUT2D eigenvalue weighted by molar-refractivity contribution is -0.137. The van der Waals surface area contributed by atoms with Gasteiger partial charge in [-0.15, -0.1) is 35.3 Å². The van der Waals surface area contributed by atoms with E-state index in [1.54, 1.807) is 6.92 Å². The van der Waals surface area contributed by atoms with E-state index >= 15 is 0 Å². The van der Waals surface area contributed by atoms with Crippen molar-refractivity contribution in [2.24, 2.45) is 4.99 Å². The first-order valence-corrected chi connectivity index (χ1v) is 9.66. The minimum absolute atomic E-state index is 0. The molecule has 0 fully saturated rings. The third-order valence-corrected chi connectivity index (χ3v) is 4.89. The molecule has 29 heavy (non-hydrogen) atoms. The Morgan fingerprint density at radius 2 is 1.97 bits per heavy atom. The van der Waals surface area contributed by atoms with E-state index in [0.717, 1.165) is 10.9 Å². The van der Waals surface area contributed by atoms with Crippen molar-refractivity contribution in [2.45, 2.75) is 25.6 Å². The molecule has 2 rings (SSSR count). The molecule has 1 unspecified atom stereocenters. The lowest BCUT2D eigenvalue weighted by Crippen LogP contribution is -2.40. The van der Waals surface area contributed by atoms with Crippen molar-refractivity contribution in [1.82, 2.24) is 15.6 Å². The highest BCUT2D eigenvalue weighted by molar-refractivity contribution is 14.0. The van der Waals surface area contributed by atoms with E-state index in [1.807, 2.05) is 24.4 Å². The molecule has 0 bridgehead atoms. The quantitative estimate of drug-likeness (QED) is 0.177. The van der Waals surface area contributed by atoms with Gasteiger partial charge in [0.2, 0.25) is 0 Å². The molecule has 0 saturated carbocycles. The molecule has 0 aliphatic carbocycles. The number of aromatic nitrogens is 1. The van der Waals surface area contributed by atoms with Gasteiger partial charge in [-0.3, -0.25) is 0 Å². The van der Waals surface area contributed by atoms with Gasteiger partial charge in [0.15, 0.2) is 5.96 Å². The zero-order chi connectivity index (χ0) is 20.6. The number of aliphatic imine (C=N–C) groups is 1. The SMILES string of the molecule is CCNC(=NCC(C)(O)c1cccs1)NCCNc1ncccc1C(F)(F)F.I. The summed E-state index contributed by atoms with van der Waals surface area (Å²) in [4.78, 5) is 8.94. The average Bonchev–Trinajstić information content (AvgIpc) is 3.18. The van der Waals surface area contributed by atoms with Gasteiger partial charge in [0.25, 0.3) is 0 Å². The lowest BCUT2D eigenvalue weighted by Gasteiger charge is -2.20. The van der Waals surface area contributed by atoms with Crippen LogP contribution in [0.2, 0.25) is 0 Å². The molecular weight excluding hydrogens is 518 g/mol. The van der Waals surface area contributed by atoms with E-state index in [2.05, 4.69) is 25.9 Å². The Kier molecular flexibility index (Phi) is 10.1. The predicted molar refractivity (Wildman–Crippen MR) is 121 cm³/mol. The first-order valence-electron chi connectivity index (χ1n) is 8.78. The van der Waals surface area contributed by atoms with E-state index in [0.29, 0.717) is 19.0 Å². The molecule has 0 saturated heterocycles. The molecular formula is C18H25F3IN5OS. The van der Waals surface area contributed by atoms with Gasteiger partial charge in [0.1, 0.15) is 11.4 Å². The molecule has 0 aliphatic heterocycles. The van der Waals surface area contributed by atoms with Crippen LogP contribution in [0, 0.1) is 0 Å². The summed E-state index contributed by atoms with van der Waals surface area (Å²) in [7, 11) is 0. The van der Waals surface area contributed by atoms with Crippen LogP contribution in [0.3, 0.4) is 0 Å². The number of hydrogen-bond acceptors (Lipinski definition) is 5. The molecule has 162 valence electrons. The van der Waals surface area contributed by atoms with Gasteiger partial charge in [-0.25, -0.2) is 9.98 Å². The van der Waals surface area contributed by atoms with E-state index in [4.69, 9.17) is 0 Å². The number of aliphatic hydroxyl groups is 1. The van der Waals surface area contributed by atoms with Crippen molar-refractivity contribution >= 4 is 47.1 Å². The van der Waals surface area contributed by atoms with Crippen LogP contribution in [-0.4, -0.2) is 42.2 Å². The summed E-state index contributed by atoms with van der Waals surface area (Å²) in [5, 5.41) is 21.2. The van der Waals surface area contributed by atoms with Gasteiger partial charge in [-0.05, 0) is 37.4 Å². The number of halogens is 4. The van der Waals surface area contributed by atoms with Crippen LogP contribution in [0.5, 0.6) is 0 Å². The number of guanidine groups is 1. The maximum Gasteiger partial charge on any atom is 0.419 e. The van der Waals surface area contributed by atoms with E-state index in [-0.39, 0.29) is 42.9 Å².